The molecule has 2 atom stereocenters. The Kier molecular flexibility index (Phi) is 3.52. The summed E-state index contributed by atoms with van der Waals surface area (Å²) in [7, 11) is 0. The van der Waals surface area contributed by atoms with E-state index in [1.165, 1.54) is 6.92 Å². The van der Waals surface area contributed by atoms with Crippen molar-refractivity contribution in [3.8, 4) is 0 Å². The van der Waals surface area contributed by atoms with E-state index < -0.39 is 11.1 Å². The quantitative estimate of drug-likeness (QED) is 0.572. The Morgan fingerprint density at radius 3 is 2.50 bits per heavy atom. The minimum atomic E-state index is -0.701. The van der Waals surface area contributed by atoms with Crippen LogP contribution in [0.5, 0.6) is 0 Å². The molecule has 2 saturated heterocycles. The van der Waals surface area contributed by atoms with Gasteiger partial charge in [-0.25, -0.2) is 4.79 Å². The van der Waals surface area contributed by atoms with Crippen LogP contribution >= 0.6 is 0 Å². The van der Waals surface area contributed by atoms with E-state index in [-0.39, 0.29) is 23.9 Å². The fraction of sp³-hybridized carbons (Fsp3) is 0.786. The molecule has 1 saturated carbocycles. The zero-order valence-electron chi connectivity index (χ0n) is 12.6. The number of carbonyl (C=O) groups is 1. The van der Waals surface area contributed by atoms with Gasteiger partial charge in [-0.1, -0.05) is 0 Å². The van der Waals surface area contributed by atoms with Gasteiger partial charge < -0.3 is 9.47 Å². The first-order chi connectivity index (χ1) is 9.16. The van der Waals surface area contributed by atoms with Crippen molar-refractivity contribution >= 4 is 17.9 Å². The Morgan fingerprint density at radius 2 is 2.00 bits per heavy atom. The smallest absolute Gasteiger partial charge is 0.411 e. The Hall–Kier alpha value is -1.59. The van der Waals surface area contributed by atoms with E-state index in [1.54, 1.807) is 4.90 Å². The van der Waals surface area contributed by atoms with Gasteiger partial charge in [0.15, 0.2) is 5.90 Å². The number of ether oxygens (including phenoxy) is 2. The number of nitrogens with zero attached hydrogens (tertiary/aromatic N) is 1. The molecule has 6 nitrogen and oxygen atoms in total. The predicted molar refractivity (Wildman–Crippen MR) is 75.3 cm³/mol. The summed E-state index contributed by atoms with van der Waals surface area (Å²) in [6.07, 6.45) is 2.96. The van der Waals surface area contributed by atoms with E-state index in [1.807, 2.05) is 20.8 Å². The van der Waals surface area contributed by atoms with Crippen LogP contribution in [0.25, 0.3) is 0 Å². The van der Waals surface area contributed by atoms with Crippen LogP contribution in [0.1, 0.15) is 53.4 Å². The van der Waals surface area contributed by atoms with Gasteiger partial charge in [0, 0.05) is 19.4 Å². The Bertz CT molecular complexity index is 451. The van der Waals surface area contributed by atoms with Gasteiger partial charge in [-0.3, -0.25) is 15.7 Å². The number of fused-ring (bicyclic) bond motifs is 2. The van der Waals surface area contributed by atoms with Gasteiger partial charge in [0.1, 0.15) is 11.1 Å². The zero-order valence-corrected chi connectivity index (χ0v) is 12.6. The van der Waals surface area contributed by atoms with Gasteiger partial charge in [-0.2, -0.15) is 0 Å². The van der Waals surface area contributed by atoms with Crippen LogP contribution in [-0.4, -0.2) is 40.0 Å². The molecule has 112 valence electrons. The van der Waals surface area contributed by atoms with Crippen LogP contribution in [0.3, 0.4) is 0 Å². The van der Waals surface area contributed by atoms with Crippen molar-refractivity contribution in [1.82, 2.24) is 4.90 Å². The topological polar surface area (TPSA) is 86.5 Å². The second-order valence-corrected chi connectivity index (χ2v) is 6.62. The molecule has 2 aliphatic heterocycles. The van der Waals surface area contributed by atoms with Gasteiger partial charge in [0.2, 0.25) is 5.90 Å². The zero-order chi connectivity index (χ0) is 15.1. The lowest BCUT2D eigenvalue weighted by molar-refractivity contribution is -0.0823. The van der Waals surface area contributed by atoms with Crippen LogP contribution < -0.4 is 0 Å². The molecule has 2 N–H and O–H groups in total. The van der Waals surface area contributed by atoms with E-state index in [4.69, 9.17) is 20.3 Å². The monoisotopic (exact) mass is 281 g/mol. The molecule has 2 bridgehead atoms. The summed E-state index contributed by atoms with van der Waals surface area (Å²) in [6, 6.07) is 0.133. The summed E-state index contributed by atoms with van der Waals surface area (Å²) < 4.78 is 10.6. The summed E-state index contributed by atoms with van der Waals surface area (Å²) in [5.74, 6) is -0.0330. The van der Waals surface area contributed by atoms with Crippen LogP contribution in [0.4, 0.5) is 4.79 Å². The highest BCUT2D eigenvalue weighted by molar-refractivity contribution is 5.96. The number of hydrogen-bond acceptors (Lipinski definition) is 5. The number of rotatable bonds is 1. The highest BCUT2D eigenvalue weighted by Gasteiger charge is 2.61. The largest absolute Gasteiger partial charge is 0.444 e. The highest BCUT2D eigenvalue weighted by Crippen LogP contribution is 2.49. The molecule has 1 amide bonds. The molecule has 6 heteroatoms. The number of hydrogen-bond donors (Lipinski definition) is 2. The van der Waals surface area contributed by atoms with E-state index in [0.717, 1.165) is 19.3 Å². The third kappa shape index (κ3) is 2.51. The molecule has 0 aromatic heterocycles. The molecule has 0 radical (unpaired) electrons. The average molecular weight is 281 g/mol. The molecule has 3 fully saturated rings. The number of carbonyl (C=O) groups excluding carboxylic acids is 1. The van der Waals surface area contributed by atoms with Crippen molar-refractivity contribution in [1.29, 1.82) is 10.8 Å². The number of piperidine rings is 1. The molecule has 0 aromatic carbocycles. The summed E-state index contributed by atoms with van der Waals surface area (Å²) >= 11 is 0. The van der Waals surface area contributed by atoms with Gasteiger partial charge >= 0.3 is 6.09 Å². The first kappa shape index (κ1) is 14.8. The van der Waals surface area contributed by atoms with E-state index in [2.05, 4.69) is 0 Å². The minimum absolute atomic E-state index is 0.00758. The fourth-order valence-corrected chi connectivity index (χ4v) is 3.10. The van der Waals surface area contributed by atoms with Crippen molar-refractivity contribution in [3.63, 3.8) is 0 Å². The maximum absolute atomic E-state index is 12.3. The minimum Gasteiger partial charge on any atom is -0.444 e. The van der Waals surface area contributed by atoms with Crippen LogP contribution in [0.15, 0.2) is 0 Å². The SMILES string of the molecule is CC(=N)OC(=N)C12CCCC(C1)N2C(=O)OC(C)(C)C. The average Bonchev–Trinajstić information content (AvgIpc) is 2.25. The Morgan fingerprint density at radius 1 is 1.35 bits per heavy atom. The fourth-order valence-electron chi connectivity index (χ4n) is 3.10. The van der Waals surface area contributed by atoms with Gasteiger partial charge in [-0.05, 0) is 40.0 Å². The third-order valence-corrected chi connectivity index (χ3v) is 3.80. The van der Waals surface area contributed by atoms with Gasteiger partial charge in [0.05, 0.1) is 0 Å². The maximum Gasteiger partial charge on any atom is 0.411 e. The van der Waals surface area contributed by atoms with Crippen molar-refractivity contribution in [3.05, 3.63) is 0 Å². The van der Waals surface area contributed by atoms with E-state index >= 15 is 0 Å². The van der Waals surface area contributed by atoms with E-state index in [9.17, 15) is 4.79 Å². The van der Waals surface area contributed by atoms with Crippen molar-refractivity contribution in [2.75, 3.05) is 0 Å². The van der Waals surface area contributed by atoms with Gasteiger partial charge in [0.25, 0.3) is 0 Å². The lowest BCUT2D eigenvalue weighted by atomic mass is 9.68. The van der Waals surface area contributed by atoms with Crippen LogP contribution in [0.2, 0.25) is 0 Å². The summed E-state index contributed by atoms with van der Waals surface area (Å²) in [5.41, 5.74) is -1.25. The third-order valence-electron chi connectivity index (χ3n) is 3.80. The molecule has 0 aromatic rings. The normalized spacial score (nSPS) is 28.4. The van der Waals surface area contributed by atoms with E-state index in [0.29, 0.717) is 6.42 Å². The molecule has 20 heavy (non-hydrogen) atoms. The Labute approximate surface area is 119 Å². The molecule has 3 rings (SSSR count). The highest BCUT2D eigenvalue weighted by atomic mass is 16.6. The molecule has 1 aliphatic carbocycles. The molecular formula is C14H23N3O3. The number of amides is 1. The van der Waals surface area contributed by atoms with Crippen LogP contribution in [-0.2, 0) is 9.47 Å². The van der Waals surface area contributed by atoms with Crippen molar-refractivity contribution in [2.24, 2.45) is 0 Å². The van der Waals surface area contributed by atoms with Crippen molar-refractivity contribution in [2.45, 2.75) is 70.6 Å². The first-order valence-corrected chi connectivity index (χ1v) is 7.00. The Balaban J connectivity index is 2.17. The summed E-state index contributed by atoms with van der Waals surface area (Å²) in [5, 5.41) is 15.5. The molecule has 2 unspecified atom stereocenters. The second kappa shape index (κ2) is 4.75. The molecule has 2 heterocycles. The summed E-state index contributed by atoms with van der Waals surface area (Å²) in [4.78, 5) is 14.0. The molecule has 3 aliphatic rings. The maximum atomic E-state index is 12.3. The number of nitrogens with one attached hydrogen (secondary N) is 2. The standard InChI is InChI=1S/C14H23N3O3/c1-9(15)19-11(16)14-7-5-6-10(8-14)17(14)12(18)20-13(2,3)4/h10,15-16H,5-8H2,1-4H3. The molecule has 0 spiro atoms. The lowest BCUT2D eigenvalue weighted by Gasteiger charge is -2.60. The second-order valence-electron chi connectivity index (χ2n) is 6.62. The van der Waals surface area contributed by atoms with Crippen molar-refractivity contribution < 1.29 is 14.3 Å². The lowest BCUT2D eigenvalue weighted by Crippen LogP contribution is -2.74. The van der Waals surface area contributed by atoms with Crippen LogP contribution in [0, 0.1) is 10.8 Å². The molecular weight excluding hydrogens is 258 g/mol. The first-order valence-electron chi connectivity index (χ1n) is 7.00. The van der Waals surface area contributed by atoms with Gasteiger partial charge in [-0.15, -0.1) is 0 Å². The summed E-state index contributed by atoms with van der Waals surface area (Å²) in [6.45, 7) is 6.98. The predicted octanol–water partition coefficient (Wildman–Crippen LogP) is 2.91.